The Balaban J connectivity index is 1.69. The number of hydrogen-bond acceptors (Lipinski definition) is 5. The van der Waals surface area contributed by atoms with Crippen molar-refractivity contribution in [3.8, 4) is 0 Å². The maximum atomic E-state index is 6.75. The molecule has 8 unspecified atom stereocenters. The van der Waals surface area contributed by atoms with Crippen LogP contribution in [0.4, 0.5) is 0 Å². The number of methoxy groups -OCH3 is 2. The summed E-state index contributed by atoms with van der Waals surface area (Å²) in [4.78, 5) is 0. The molecule has 3 aliphatic heterocycles. The summed E-state index contributed by atoms with van der Waals surface area (Å²) in [6.45, 7) is 4.43. The van der Waals surface area contributed by atoms with E-state index in [0.29, 0.717) is 23.7 Å². The maximum Gasteiger partial charge on any atom is 0.178 e. The minimum atomic E-state index is -0.521. The van der Waals surface area contributed by atoms with Crippen LogP contribution < -0.4 is 0 Å². The van der Waals surface area contributed by atoms with Gasteiger partial charge in [0.2, 0.25) is 0 Å². The molecule has 3 saturated heterocycles. The fourth-order valence-corrected chi connectivity index (χ4v) is 5.95. The Morgan fingerprint density at radius 3 is 1.67 bits per heavy atom. The van der Waals surface area contributed by atoms with Crippen molar-refractivity contribution in [2.75, 3.05) is 14.2 Å². The Kier molecular flexibility index (Phi) is 4.45. The molecule has 0 spiro atoms. The van der Waals surface area contributed by atoms with Crippen LogP contribution >= 0.6 is 0 Å². The lowest BCUT2D eigenvalue weighted by Gasteiger charge is -2.34. The molecule has 0 radical (unpaired) electrons. The van der Waals surface area contributed by atoms with Crippen molar-refractivity contribution in [2.24, 2.45) is 23.7 Å². The van der Waals surface area contributed by atoms with Crippen molar-refractivity contribution in [1.29, 1.82) is 0 Å². The molecule has 4 aliphatic rings. The molecule has 4 fully saturated rings. The van der Waals surface area contributed by atoms with Crippen LogP contribution in [0, 0.1) is 23.7 Å². The fraction of sp³-hybridized carbons (Fsp3) is 1.00. The van der Waals surface area contributed by atoms with E-state index in [1.54, 1.807) is 14.2 Å². The average molecular weight is 340 g/mol. The molecule has 8 atom stereocenters. The highest BCUT2D eigenvalue weighted by molar-refractivity contribution is 5.16. The summed E-state index contributed by atoms with van der Waals surface area (Å²) in [6, 6.07) is 0. The Hall–Kier alpha value is -0.200. The van der Waals surface area contributed by atoms with Crippen LogP contribution in [0.5, 0.6) is 0 Å². The lowest BCUT2D eigenvalue weighted by molar-refractivity contribution is -0.360. The summed E-state index contributed by atoms with van der Waals surface area (Å²) >= 11 is 0. The van der Waals surface area contributed by atoms with Gasteiger partial charge in [-0.05, 0) is 19.3 Å². The van der Waals surface area contributed by atoms with Crippen molar-refractivity contribution < 1.29 is 23.7 Å². The molecule has 3 heterocycles. The third kappa shape index (κ3) is 2.18. The first-order chi connectivity index (χ1) is 11.6. The summed E-state index contributed by atoms with van der Waals surface area (Å²) in [5, 5.41) is 0. The smallest absolute Gasteiger partial charge is 0.178 e. The number of ether oxygens (including phenoxy) is 5. The normalized spacial score (nSPS) is 51.5. The third-order valence-electron chi connectivity index (χ3n) is 6.77. The molecule has 0 aromatic heterocycles. The zero-order chi connectivity index (χ0) is 16.9. The molecule has 0 N–H and O–H groups in total. The van der Waals surface area contributed by atoms with E-state index in [-0.39, 0.29) is 12.6 Å². The summed E-state index contributed by atoms with van der Waals surface area (Å²) in [7, 11) is 3.50. The summed E-state index contributed by atoms with van der Waals surface area (Å²) in [5.41, 5.74) is 0. The van der Waals surface area contributed by atoms with Crippen molar-refractivity contribution >= 4 is 0 Å². The number of unbranched alkanes of at least 4 members (excludes halogenated alkanes) is 2. The Morgan fingerprint density at radius 2 is 1.29 bits per heavy atom. The fourth-order valence-electron chi connectivity index (χ4n) is 5.95. The van der Waals surface area contributed by atoms with Gasteiger partial charge in [0.25, 0.3) is 0 Å². The van der Waals surface area contributed by atoms with Crippen LogP contribution in [0.15, 0.2) is 0 Å². The van der Waals surface area contributed by atoms with Crippen molar-refractivity contribution in [1.82, 2.24) is 0 Å². The third-order valence-corrected chi connectivity index (χ3v) is 6.77. The molecule has 5 heteroatoms. The Bertz CT molecular complexity index is 431. The molecule has 4 rings (SSSR count). The highest BCUT2D eigenvalue weighted by Crippen LogP contribution is 2.71. The topological polar surface area (TPSA) is 46.2 Å². The predicted octanol–water partition coefficient (Wildman–Crippen LogP) is 3.66. The summed E-state index contributed by atoms with van der Waals surface area (Å²) in [5.74, 6) is 0.492. The summed E-state index contributed by atoms with van der Waals surface area (Å²) < 4.78 is 31.0. The number of rotatable bonds is 8. The quantitative estimate of drug-likeness (QED) is 0.675. The SMILES string of the molecule is CCCCC12OC(OC)C3CC4C(OC)OC(CCCC)(O1)C4C32. The molecule has 0 aromatic carbocycles. The van der Waals surface area contributed by atoms with Crippen LogP contribution in [0.25, 0.3) is 0 Å². The number of hydrogen-bond donors (Lipinski definition) is 0. The van der Waals surface area contributed by atoms with E-state index >= 15 is 0 Å². The first-order valence-electron chi connectivity index (χ1n) is 9.76. The molecule has 138 valence electrons. The summed E-state index contributed by atoms with van der Waals surface area (Å²) in [6.07, 6.45) is 7.10. The molecule has 5 nitrogen and oxygen atoms in total. The van der Waals surface area contributed by atoms with Crippen LogP contribution in [-0.4, -0.2) is 38.4 Å². The lowest BCUT2D eigenvalue weighted by Crippen LogP contribution is -2.41. The van der Waals surface area contributed by atoms with Crippen molar-refractivity contribution in [2.45, 2.75) is 82.9 Å². The molecule has 0 bridgehead atoms. The highest BCUT2D eigenvalue weighted by atomic mass is 16.9. The first kappa shape index (κ1) is 17.2. The van der Waals surface area contributed by atoms with Gasteiger partial charge in [0.05, 0.1) is 0 Å². The lowest BCUT2D eigenvalue weighted by atomic mass is 9.79. The van der Waals surface area contributed by atoms with Crippen LogP contribution in [0.2, 0.25) is 0 Å². The van der Waals surface area contributed by atoms with E-state index in [1.807, 2.05) is 0 Å². The second-order valence-corrected chi connectivity index (χ2v) is 7.99. The van der Waals surface area contributed by atoms with Gasteiger partial charge >= 0.3 is 0 Å². The van der Waals surface area contributed by atoms with Gasteiger partial charge in [-0.1, -0.05) is 26.7 Å². The Morgan fingerprint density at radius 1 is 0.833 bits per heavy atom. The molecule has 1 saturated carbocycles. The van der Waals surface area contributed by atoms with Gasteiger partial charge in [-0.3, -0.25) is 0 Å². The molecule has 1 aliphatic carbocycles. The zero-order valence-corrected chi connectivity index (χ0v) is 15.5. The van der Waals surface area contributed by atoms with Gasteiger partial charge in [-0.25, -0.2) is 0 Å². The minimum Gasteiger partial charge on any atom is -0.355 e. The average Bonchev–Trinajstić information content (AvgIpc) is 3.27. The second-order valence-electron chi connectivity index (χ2n) is 7.99. The molecule has 0 amide bonds. The van der Waals surface area contributed by atoms with Gasteiger partial charge in [-0.15, -0.1) is 0 Å². The van der Waals surface area contributed by atoms with E-state index in [0.717, 1.165) is 44.9 Å². The van der Waals surface area contributed by atoms with E-state index in [2.05, 4.69) is 13.8 Å². The van der Waals surface area contributed by atoms with Crippen molar-refractivity contribution in [3.63, 3.8) is 0 Å². The molecular formula is C19H32O5. The van der Waals surface area contributed by atoms with E-state index in [9.17, 15) is 0 Å². The Labute approximate surface area is 145 Å². The maximum absolute atomic E-state index is 6.75. The highest BCUT2D eigenvalue weighted by Gasteiger charge is 2.79. The standard InChI is InChI=1S/C19H32O5/c1-5-7-9-18-14-12(16(20-3)22-18)11-13-15(14)19(24-18,10-8-6-2)23-17(13)21-4/h12-17H,5-11H2,1-4H3. The first-order valence-corrected chi connectivity index (χ1v) is 9.76. The van der Waals surface area contributed by atoms with Crippen molar-refractivity contribution in [3.05, 3.63) is 0 Å². The van der Waals surface area contributed by atoms with Gasteiger partial charge in [0.15, 0.2) is 24.2 Å². The van der Waals surface area contributed by atoms with E-state index in [4.69, 9.17) is 23.7 Å². The van der Waals surface area contributed by atoms with Gasteiger partial charge in [0.1, 0.15) is 0 Å². The van der Waals surface area contributed by atoms with Gasteiger partial charge in [-0.2, -0.15) is 0 Å². The van der Waals surface area contributed by atoms with Crippen LogP contribution in [0.1, 0.15) is 58.8 Å². The minimum absolute atomic E-state index is 0.154. The largest absolute Gasteiger partial charge is 0.355 e. The van der Waals surface area contributed by atoms with Gasteiger partial charge in [0, 0.05) is 50.7 Å². The van der Waals surface area contributed by atoms with Gasteiger partial charge < -0.3 is 23.7 Å². The predicted molar refractivity (Wildman–Crippen MR) is 87.9 cm³/mol. The zero-order valence-electron chi connectivity index (χ0n) is 15.5. The molecular weight excluding hydrogens is 308 g/mol. The van der Waals surface area contributed by atoms with Crippen LogP contribution in [0.3, 0.4) is 0 Å². The van der Waals surface area contributed by atoms with E-state index < -0.39 is 11.6 Å². The van der Waals surface area contributed by atoms with E-state index in [1.165, 1.54) is 0 Å². The van der Waals surface area contributed by atoms with Crippen LogP contribution in [-0.2, 0) is 23.7 Å². The monoisotopic (exact) mass is 340 g/mol. The molecule has 0 aromatic rings. The second kappa shape index (κ2) is 6.20. The molecule has 24 heavy (non-hydrogen) atoms.